The summed E-state index contributed by atoms with van der Waals surface area (Å²) in [6.07, 6.45) is 0. The molecule has 0 spiro atoms. The molecule has 0 fully saturated rings. The average molecular weight is 370 g/mol. The fourth-order valence-electron chi connectivity index (χ4n) is 0. The molecule has 0 aromatic carbocycles. The molecular weight excluding hydrogens is 370 g/mol. The Hall–Kier alpha value is 2.69. The molecule has 5 heteroatoms. The Labute approximate surface area is 69.2 Å². The van der Waals surface area contributed by atoms with Gasteiger partial charge in [0.1, 0.15) is 0 Å². The second-order valence-corrected chi connectivity index (χ2v) is 14.2. The molecule has 0 heterocycles. The normalized spacial score (nSPS) is 3.40. The third-order valence-corrected chi connectivity index (χ3v) is 0. The van der Waals surface area contributed by atoms with Crippen molar-refractivity contribution in [2.45, 2.75) is 0 Å². The molecule has 0 saturated heterocycles. The van der Waals surface area contributed by atoms with Gasteiger partial charge in [-0.1, -0.05) is 0 Å². The van der Waals surface area contributed by atoms with Crippen LogP contribution in [0.4, 0.5) is 0 Å². The third kappa shape index (κ3) is 20.3. The second-order valence-electron chi connectivity index (χ2n) is 0.101. The summed E-state index contributed by atoms with van der Waals surface area (Å²) in [7, 11) is 0. The van der Waals surface area contributed by atoms with Crippen molar-refractivity contribution in [2.75, 3.05) is 0 Å². The van der Waals surface area contributed by atoms with Gasteiger partial charge >= 0.3 is 70.4 Å². The first kappa shape index (κ1) is 10.6. The van der Waals surface area contributed by atoms with Gasteiger partial charge in [0.05, 0.1) is 0 Å². The molecule has 0 aromatic rings. The molecule has 0 amide bonds. The van der Waals surface area contributed by atoms with Crippen molar-refractivity contribution in [3.05, 3.63) is 0 Å². The van der Waals surface area contributed by atoms with Gasteiger partial charge in [-0.25, -0.2) is 0 Å². The molecule has 0 bridgehead atoms. The molecular formula is Br3Zn2. The van der Waals surface area contributed by atoms with Crippen LogP contribution in [0.1, 0.15) is 0 Å². The van der Waals surface area contributed by atoms with Gasteiger partial charge in [-0.15, -0.1) is 0 Å². The van der Waals surface area contributed by atoms with E-state index in [1.54, 1.807) is 0 Å². The number of hydrogen-bond acceptors (Lipinski definition) is 0. The van der Waals surface area contributed by atoms with E-state index in [4.69, 9.17) is 0 Å². The molecule has 0 nitrogen and oxygen atoms in total. The van der Waals surface area contributed by atoms with Crippen molar-refractivity contribution < 1.29 is 29.5 Å². The van der Waals surface area contributed by atoms with Crippen LogP contribution in [0.25, 0.3) is 0 Å². The summed E-state index contributed by atoms with van der Waals surface area (Å²) >= 11 is 10.5. The summed E-state index contributed by atoms with van der Waals surface area (Å²) in [6.45, 7) is 0. The minimum absolute atomic E-state index is 0.250. The van der Waals surface area contributed by atoms with Crippen LogP contribution in [0, 0.1) is 0 Å². The molecule has 0 saturated carbocycles. The summed E-state index contributed by atoms with van der Waals surface area (Å²) in [5.41, 5.74) is 0. The first-order valence-corrected chi connectivity index (χ1v) is 21.6. The van der Waals surface area contributed by atoms with Gasteiger partial charge in [0.2, 0.25) is 0 Å². The molecule has 25 valence electrons. The summed E-state index contributed by atoms with van der Waals surface area (Å²) < 4.78 is 0. The van der Waals surface area contributed by atoms with Crippen molar-refractivity contribution in [3.8, 4) is 0 Å². The predicted molar refractivity (Wildman–Crippen MR) is 26.8 cm³/mol. The molecule has 0 aliphatic heterocycles. The number of rotatable bonds is 0. The monoisotopic (exact) mass is 365 g/mol. The van der Waals surface area contributed by atoms with Crippen molar-refractivity contribution in [3.63, 3.8) is 0 Å². The number of hydrogen-bond donors (Lipinski definition) is 0. The maximum absolute atomic E-state index is 3.25. The Bertz CT molecular complexity index is 4.85. The van der Waals surface area contributed by atoms with E-state index in [0.29, 0.717) is 0 Å². The zero-order valence-corrected chi connectivity index (χ0v) is 13.2. The first-order valence-electron chi connectivity index (χ1n) is 0.802. The van der Waals surface area contributed by atoms with Crippen LogP contribution in [0.2, 0.25) is 0 Å². The van der Waals surface area contributed by atoms with Gasteiger partial charge in [0.25, 0.3) is 0 Å². The molecule has 0 rings (SSSR count). The Morgan fingerprint density at radius 1 is 1.20 bits per heavy atom. The Kier molecular flexibility index (Phi) is 33.8. The van der Waals surface area contributed by atoms with Gasteiger partial charge < -0.3 is 0 Å². The van der Waals surface area contributed by atoms with Gasteiger partial charge in [-0.2, -0.15) is 0 Å². The molecule has 0 N–H and O–H groups in total. The van der Waals surface area contributed by atoms with E-state index in [1.165, 1.54) is 16.3 Å². The summed E-state index contributed by atoms with van der Waals surface area (Å²) in [5.74, 6) is 0. The third-order valence-electron chi connectivity index (χ3n) is 0. The molecule has 0 atom stereocenters. The topological polar surface area (TPSA) is 0 Å². The summed E-state index contributed by atoms with van der Waals surface area (Å²) in [5, 5.41) is 0. The second kappa shape index (κ2) is 15.9. The van der Waals surface area contributed by atoms with Crippen molar-refractivity contribution in [1.82, 2.24) is 0 Å². The summed E-state index contributed by atoms with van der Waals surface area (Å²) in [6, 6.07) is 0. The molecule has 0 radical (unpaired) electrons. The van der Waals surface area contributed by atoms with Crippen LogP contribution in [0.5, 0.6) is 0 Å². The van der Waals surface area contributed by atoms with Gasteiger partial charge in [-0.05, 0) is 0 Å². The minimum atomic E-state index is -0.250. The SMILES string of the molecule is [Br][Zn][Br].[Zn][Br]. The van der Waals surface area contributed by atoms with Gasteiger partial charge in [-0.3, -0.25) is 0 Å². The molecule has 0 aromatic heterocycles. The van der Waals surface area contributed by atoms with E-state index in [-0.39, 0.29) is 13.2 Å². The van der Waals surface area contributed by atoms with E-state index in [9.17, 15) is 0 Å². The number of halogens is 3. The van der Waals surface area contributed by atoms with E-state index in [0.717, 1.165) is 0 Å². The maximum atomic E-state index is 3.25. The Morgan fingerprint density at radius 2 is 1.20 bits per heavy atom. The molecule has 0 aliphatic rings. The van der Waals surface area contributed by atoms with Crippen LogP contribution in [0.15, 0.2) is 0 Å². The van der Waals surface area contributed by atoms with E-state index < -0.39 is 0 Å². The van der Waals surface area contributed by atoms with E-state index in [1.807, 2.05) is 0 Å². The van der Waals surface area contributed by atoms with Crippen LogP contribution in [-0.2, 0) is 29.5 Å². The molecule has 5 heavy (non-hydrogen) atoms. The quantitative estimate of drug-likeness (QED) is 0.575. The van der Waals surface area contributed by atoms with E-state index in [2.05, 4.69) is 40.9 Å². The molecule has 0 aliphatic carbocycles. The van der Waals surface area contributed by atoms with Gasteiger partial charge in [0.15, 0.2) is 0 Å². The standard InChI is InChI=1S/3BrH.2Zn/h3*1H;;/q;;;+1;+2/p-3. The Morgan fingerprint density at radius 3 is 1.20 bits per heavy atom. The predicted octanol–water partition coefficient (Wildman–Crippen LogP) is 2.53. The van der Waals surface area contributed by atoms with E-state index >= 15 is 0 Å². The van der Waals surface area contributed by atoms with Crippen molar-refractivity contribution >= 4 is 40.9 Å². The summed E-state index contributed by atoms with van der Waals surface area (Å²) in [4.78, 5) is 0. The average Bonchev–Trinajstić information content (AvgIpc) is 1.46. The van der Waals surface area contributed by atoms with Gasteiger partial charge in [0, 0.05) is 0 Å². The van der Waals surface area contributed by atoms with Crippen LogP contribution in [0.3, 0.4) is 0 Å². The zero-order chi connectivity index (χ0) is 4.71. The zero-order valence-electron chi connectivity index (χ0n) is 2.55. The van der Waals surface area contributed by atoms with Crippen LogP contribution >= 0.6 is 40.9 Å². The Balaban J connectivity index is 0. The fraction of sp³-hybridized carbons (Fsp3) is 0. The molecule has 0 unspecified atom stereocenters. The van der Waals surface area contributed by atoms with Crippen LogP contribution in [-0.4, -0.2) is 0 Å². The van der Waals surface area contributed by atoms with Crippen molar-refractivity contribution in [2.24, 2.45) is 0 Å². The van der Waals surface area contributed by atoms with Crippen LogP contribution < -0.4 is 0 Å². The fourth-order valence-corrected chi connectivity index (χ4v) is 0. The van der Waals surface area contributed by atoms with Crippen molar-refractivity contribution in [1.29, 1.82) is 0 Å². The first-order chi connectivity index (χ1) is 2.41.